The first-order valence-corrected chi connectivity index (χ1v) is 12.9. The van der Waals surface area contributed by atoms with Crippen LogP contribution in [0.25, 0.3) is 0 Å². The van der Waals surface area contributed by atoms with Gasteiger partial charge in [0.05, 0.1) is 42.6 Å². The molecule has 11 heteroatoms. The van der Waals surface area contributed by atoms with Crippen LogP contribution in [-0.4, -0.2) is 48.4 Å². The van der Waals surface area contributed by atoms with Crippen molar-refractivity contribution in [2.75, 3.05) is 32.2 Å². The minimum absolute atomic E-state index is 0.0652. The van der Waals surface area contributed by atoms with Crippen molar-refractivity contribution in [1.82, 2.24) is 5.43 Å². The number of ether oxygens (including phenoxy) is 3. The molecule has 0 aliphatic rings. The van der Waals surface area contributed by atoms with Gasteiger partial charge in [0.2, 0.25) is 0 Å². The van der Waals surface area contributed by atoms with Crippen LogP contribution in [0.4, 0.5) is 5.69 Å². The number of carbonyl (C=O) groups excluding carboxylic acids is 1. The fraction of sp³-hybridized carbons (Fsp3) is 0.200. The highest BCUT2D eigenvalue weighted by Crippen LogP contribution is 2.35. The molecule has 0 fully saturated rings. The maximum Gasteiger partial charge on any atom is 0.264 e. The smallest absolute Gasteiger partial charge is 0.264 e. The number of benzene rings is 3. The van der Waals surface area contributed by atoms with Gasteiger partial charge < -0.3 is 14.2 Å². The molecule has 0 aliphatic heterocycles. The Morgan fingerprint density at radius 1 is 1.00 bits per heavy atom. The molecule has 0 aromatic heterocycles. The third kappa shape index (κ3) is 6.35. The average molecular weight is 576 g/mol. The number of nitrogens with one attached hydrogen (secondary N) is 1. The molecule has 9 nitrogen and oxygen atoms in total. The number of carbonyl (C=O) groups is 1. The number of hydrazone groups is 1. The van der Waals surface area contributed by atoms with Crippen LogP contribution in [0.5, 0.6) is 17.2 Å². The summed E-state index contributed by atoms with van der Waals surface area (Å²) in [6.07, 6.45) is 1.41. The van der Waals surface area contributed by atoms with Crippen LogP contribution in [0, 0.1) is 6.92 Å². The second-order valence-electron chi connectivity index (χ2n) is 7.55. The van der Waals surface area contributed by atoms with Crippen LogP contribution >= 0.6 is 15.9 Å². The monoisotopic (exact) mass is 575 g/mol. The molecule has 3 aromatic carbocycles. The molecular weight excluding hydrogens is 550 g/mol. The minimum atomic E-state index is -4.04. The van der Waals surface area contributed by atoms with Gasteiger partial charge in [0.1, 0.15) is 12.3 Å². The normalized spacial score (nSPS) is 11.2. The largest absolute Gasteiger partial charge is 0.497 e. The summed E-state index contributed by atoms with van der Waals surface area (Å²) in [6.45, 7) is 1.37. The molecule has 0 unspecified atom stereocenters. The molecular formula is C25H26BrN3O6S. The van der Waals surface area contributed by atoms with Gasteiger partial charge in [-0.15, -0.1) is 0 Å². The van der Waals surface area contributed by atoms with Gasteiger partial charge in [-0.25, -0.2) is 13.8 Å². The highest BCUT2D eigenvalue weighted by Gasteiger charge is 2.27. The van der Waals surface area contributed by atoms with Crippen LogP contribution in [0.1, 0.15) is 11.1 Å². The van der Waals surface area contributed by atoms with Gasteiger partial charge in [-0.2, -0.15) is 5.10 Å². The van der Waals surface area contributed by atoms with E-state index >= 15 is 0 Å². The van der Waals surface area contributed by atoms with Crippen molar-refractivity contribution in [3.63, 3.8) is 0 Å². The van der Waals surface area contributed by atoms with Crippen LogP contribution in [0.15, 0.2) is 75.1 Å². The number of nitrogens with zero attached hydrogens (tertiary/aromatic N) is 2. The first-order chi connectivity index (χ1) is 17.2. The van der Waals surface area contributed by atoms with Crippen molar-refractivity contribution in [1.29, 1.82) is 0 Å². The number of hydrogen-bond acceptors (Lipinski definition) is 7. The Morgan fingerprint density at radius 3 is 2.25 bits per heavy atom. The maximum atomic E-state index is 13.4. The Labute approximate surface area is 218 Å². The summed E-state index contributed by atoms with van der Waals surface area (Å²) in [5.41, 5.74) is 4.23. The summed E-state index contributed by atoms with van der Waals surface area (Å²) >= 11 is 3.40. The number of rotatable bonds is 10. The molecule has 0 radical (unpaired) electrons. The van der Waals surface area contributed by atoms with E-state index in [-0.39, 0.29) is 4.90 Å². The van der Waals surface area contributed by atoms with E-state index in [2.05, 4.69) is 26.5 Å². The van der Waals surface area contributed by atoms with E-state index in [9.17, 15) is 13.2 Å². The summed E-state index contributed by atoms with van der Waals surface area (Å²) in [7, 11) is 0.503. The highest BCUT2D eigenvalue weighted by atomic mass is 79.9. The van der Waals surface area contributed by atoms with E-state index in [1.807, 2.05) is 6.92 Å². The zero-order valence-electron chi connectivity index (χ0n) is 20.2. The van der Waals surface area contributed by atoms with E-state index in [1.165, 1.54) is 39.7 Å². The average Bonchev–Trinajstić information content (AvgIpc) is 2.87. The van der Waals surface area contributed by atoms with Crippen molar-refractivity contribution in [2.45, 2.75) is 11.8 Å². The van der Waals surface area contributed by atoms with Gasteiger partial charge in [0.25, 0.3) is 15.9 Å². The van der Waals surface area contributed by atoms with E-state index < -0.39 is 22.5 Å². The number of hydrogen-bond donors (Lipinski definition) is 1. The Bertz CT molecular complexity index is 1340. The summed E-state index contributed by atoms with van der Waals surface area (Å²) < 4.78 is 44.3. The Balaban J connectivity index is 1.84. The highest BCUT2D eigenvalue weighted by molar-refractivity contribution is 9.10. The predicted octanol–water partition coefficient (Wildman–Crippen LogP) is 4.13. The Hall–Kier alpha value is -3.57. The molecule has 190 valence electrons. The number of aryl methyl sites for hydroxylation is 1. The molecule has 0 bridgehead atoms. The van der Waals surface area contributed by atoms with Crippen LogP contribution in [0.3, 0.4) is 0 Å². The van der Waals surface area contributed by atoms with Crippen molar-refractivity contribution in [3.05, 3.63) is 76.3 Å². The van der Waals surface area contributed by atoms with Crippen molar-refractivity contribution in [2.24, 2.45) is 5.10 Å². The Morgan fingerprint density at radius 2 is 1.67 bits per heavy atom. The minimum Gasteiger partial charge on any atom is -0.497 e. The number of anilines is 1. The standard InChI is InChI=1S/C25H26BrN3O6S/c1-17-5-11-21(12-6-17)36(31,32)29(19-7-9-20(33-2)10-8-19)16-24(30)28-27-15-18-13-22(26)25(35-4)23(14-18)34-3/h5-15H,16H2,1-4H3,(H,28,30)/b27-15-. The third-order valence-electron chi connectivity index (χ3n) is 5.12. The quantitative estimate of drug-likeness (QED) is 0.288. The molecule has 0 saturated heterocycles. The first-order valence-electron chi connectivity index (χ1n) is 10.7. The molecule has 0 saturated carbocycles. The lowest BCUT2D eigenvalue weighted by atomic mass is 10.2. The molecule has 3 aromatic rings. The lowest BCUT2D eigenvalue weighted by Crippen LogP contribution is -2.39. The summed E-state index contributed by atoms with van der Waals surface area (Å²) in [4.78, 5) is 12.8. The lowest BCUT2D eigenvalue weighted by Gasteiger charge is -2.24. The van der Waals surface area contributed by atoms with Crippen molar-refractivity contribution >= 4 is 43.8 Å². The predicted molar refractivity (Wildman–Crippen MR) is 142 cm³/mol. The molecule has 1 N–H and O–H groups in total. The van der Waals surface area contributed by atoms with E-state index in [4.69, 9.17) is 14.2 Å². The van der Waals surface area contributed by atoms with Gasteiger partial charge in [-0.05, 0) is 76.9 Å². The van der Waals surface area contributed by atoms with E-state index in [0.29, 0.717) is 33.0 Å². The molecule has 0 aliphatic carbocycles. The molecule has 0 heterocycles. The molecule has 3 rings (SSSR count). The SMILES string of the molecule is COc1ccc(N(CC(=O)N/N=C\c2cc(Br)c(OC)c(OC)c2)S(=O)(=O)c2ccc(C)cc2)cc1. The second-order valence-corrected chi connectivity index (χ2v) is 10.3. The number of sulfonamides is 1. The van der Waals surface area contributed by atoms with E-state index in [0.717, 1.165) is 9.87 Å². The Kier molecular flexibility index (Phi) is 8.94. The van der Waals surface area contributed by atoms with Crippen molar-refractivity contribution in [3.8, 4) is 17.2 Å². The maximum absolute atomic E-state index is 13.4. The number of methoxy groups -OCH3 is 3. The van der Waals surface area contributed by atoms with Gasteiger partial charge in [-0.1, -0.05) is 17.7 Å². The summed E-state index contributed by atoms with van der Waals surface area (Å²) in [5, 5.41) is 3.97. The topological polar surface area (TPSA) is 107 Å². The molecule has 0 atom stereocenters. The molecule has 36 heavy (non-hydrogen) atoms. The van der Waals surface area contributed by atoms with Crippen LogP contribution < -0.4 is 23.9 Å². The zero-order valence-corrected chi connectivity index (χ0v) is 22.6. The number of amides is 1. The van der Waals surface area contributed by atoms with Gasteiger partial charge in [0.15, 0.2) is 11.5 Å². The van der Waals surface area contributed by atoms with Gasteiger partial charge in [-0.3, -0.25) is 9.10 Å². The van der Waals surface area contributed by atoms with Gasteiger partial charge in [0, 0.05) is 0 Å². The molecule has 0 spiro atoms. The summed E-state index contributed by atoms with van der Waals surface area (Å²) in [6, 6.07) is 16.2. The first kappa shape index (κ1) is 27.0. The third-order valence-corrected chi connectivity index (χ3v) is 7.49. The fourth-order valence-corrected chi connectivity index (χ4v) is 5.30. The fourth-order valence-electron chi connectivity index (χ4n) is 3.26. The second kappa shape index (κ2) is 11.9. The van der Waals surface area contributed by atoms with Crippen LogP contribution in [0.2, 0.25) is 0 Å². The number of halogens is 1. The van der Waals surface area contributed by atoms with Gasteiger partial charge >= 0.3 is 0 Å². The van der Waals surface area contributed by atoms with Crippen LogP contribution in [-0.2, 0) is 14.8 Å². The summed E-state index contributed by atoms with van der Waals surface area (Å²) in [5.74, 6) is 0.934. The van der Waals surface area contributed by atoms with E-state index in [1.54, 1.807) is 48.5 Å². The lowest BCUT2D eigenvalue weighted by molar-refractivity contribution is -0.119. The zero-order chi connectivity index (χ0) is 26.3. The van der Waals surface area contributed by atoms with Crippen molar-refractivity contribution < 1.29 is 27.4 Å². The molecule has 1 amide bonds.